The van der Waals surface area contributed by atoms with Gasteiger partial charge in [-0.05, 0) is 12.1 Å². The molecule has 3 N–H and O–H groups in total. The number of nitrogens with two attached hydrogens (primary N) is 1. The van der Waals surface area contributed by atoms with E-state index in [0.29, 0.717) is 5.13 Å². The molecule has 0 unspecified atom stereocenters. The number of aromatic nitrogens is 1. The number of nitrogens with one attached hydrogen (secondary N) is 1. The highest BCUT2D eigenvalue weighted by molar-refractivity contribution is 7.18. The average molecular weight is 349 g/mol. The first-order chi connectivity index (χ1) is 9.79. The van der Waals surface area contributed by atoms with Gasteiger partial charge >= 0.3 is 0 Å². The normalized spacial score (nSPS) is 10.5. The van der Waals surface area contributed by atoms with Crippen LogP contribution in [0.15, 0.2) is 12.1 Å². The van der Waals surface area contributed by atoms with Crippen LogP contribution in [0.4, 0.5) is 21.0 Å². The van der Waals surface area contributed by atoms with E-state index in [2.05, 4.69) is 10.3 Å². The highest BCUT2D eigenvalue weighted by Gasteiger charge is 2.19. The molecule has 5 nitrogen and oxygen atoms in total. The van der Waals surface area contributed by atoms with Crippen LogP contribution in [0.2, 0.25) is 10.0 Å². The maximum Gasteiger partial charge on any atom is 0.269 e. The third kappa shape index (κ3) is 3.37. The summed E-state index contributed by atoms with van der Waals surface area (Å²) in [5.41, 5.74) is 5.85. The van der Waals surface area contributed by atoms with E-state index in [1.54, 1.807) is 19.0 Å². The van der Waals surface area contributed by atoms with Gasteiger partial charge in [0, 0.05) is 14.1 Å². The number of anilines is 3. The molecular weight excluding hydrogens is 338 g/mol. The van der Waals surface area contributed by atoms with Gasteiger partial charge in [-0.2, -0.15) is 0 Å². The second-order valence-corrected chi connectivity index (χ2v) is 6.10. The number of benzene rings is 1. The minimum atomic E-state index is -0.588. The largest absolute Gasteiger partial charge is 0.382 e. The highest BCUT2D eigenvalue weighted by atomic mass is 35.5. The lowest BCUT2D eigenvalue weighted by Gasteiger charge is -2.08. The number of rotatable bonds is 3. The van der Waals surface area contributed by atoms with E-state index < -0.39 is 11.7 Å². The average Bonchev–Trinajstić information content (AvgIpc) is 2.76. The van der Waals surface area contributed by atoms with Gasteiger partial charge in [-0.15, -0.1) is 0 Å². The predicted octanol–water partition coefficient (Wildman–Crippen LogP) is 3.49. The third-order valence-electron chi connectivity index (χ3n) is 2.48. The van der Waals surface area contributed by atoms with Crippen LogP contribution >= 0.6 is 34.5 Å². The molecule has 0 fully saturated rings. The van der Waals surface area contributed by atoms with Crippen molar-refractivity contribution in [2.24, 2.45) is 0 Å². The summed E-state index contributed by atoms with van der Waals surface area (Å²) in [6, 6.07) is 2.12. The number of hydrogen-bond acceptors (Lipinski definition) is 5. The zero-order valence-corrected chi connectivity index (χ0v) is 13.4. The van der Waals surface area contributed by atoms with Crippen molar-refractivity contribution in [3.05, 3.63) is 32.9 Å². The SMILES string of the molecule is CN(C)c1nc(N)c(C(=O)Nc2c(Cl)cc(F)cc2Cl)s1. The lowest BCUT2D eigenvalue weighted by molar-refractivity contribution is 0.103. The molecule has 1 amide bonds. The molecule has 0 aliphatic rings. The number of carbonyl (C=O) groups is 1. The van der Waals surface area contributed by atoms with E-state index in [9.17, 15) is 9.18 Å². The molecule has 0 saturated heterocycles. The molecule has 0 radical (unpaired) electrons. The molecule has 21 heavy (non-hydrogen) atoms. The Balaban J connectivity index is 2.30. The summed E-state index contributed by atoms with van der Waals surface area (Å²) in [5, 5.41) is 3.12. The maximum absolute atomic E-state index is 13.1. The van der Waals surface area contributed by atoms with Gasteiger partial charge < -0.3 is 16.0 Å². The van der Waals surface area contributed by atoms with Gasteiger partial charge in [0.1, 0.15) is 16.5 Å². The van der Waals surface area contributed by atoms with Crippen LogP contribution < -0.4 is 16.0 Å². The second-order valence-electron chi connectivity index (χ2n) is 4.30. The van der Waals surface area contributed by atoms with Crippen molar-refractivity contribution >= 4 is 57.1 Å². The third-order valence-corrected chi connectivity index (χ3v) is 4.31. The molecule has 0 atom stereocenters. The van der Waals surface area contributed by atoms with Crippen LogP contribution in [0.25, 0.3) is 0 Å². The fourth-order valence-electron chi connectivity index (χ4n) is 1.51. The Bertz CT molecular complexity index is 682. The quantitative estimate of drug-likeness (QED) is 0.890. The predicted molar refractivity (Wildman–Crippen MR) is 85.2 cm³/mol. The lowest BCUT2D eigenvalue weighted by Crippen LogP contribution is -2.13. The monoisotopic (exact) mass is 348 g/mol. The maximum atomic E-state index is 13.1. The number of thiazole rings is 1. The summed E-state index contributed by atoms with van der Waals surface area (Å²) in [6.45, 7) is 0. The van der Waals surface area contributed by atoms with Crippen LogP contribution in [-0.2, 0) is 0 Å². The van der Waals surface area contributed by atoms with Crippen molar-refractivity contribution in [2.75, 3.05) is 30.0 Å². The molecule has 1 aromatic carbocycles. The lowest BCUT2D eigenvalue weighted by atomic mass is 10.3. The van der Waals surface area contributed by atoms with Crippen molar-refractivity contribution < 1.29 is 9.18 Å². The smallest absolute Gasteiger partial charge is 0.269 e. The fourth-order valence-corrected chi connectivity index (χ4v) is 2.86. The summed E-state index contributed by atoms with van der Waals surface area (Å²) in [6.07, 6.45) is 0. The van der Waals surface area contributed by atoms with E-state index >= 15 is 0 Å². The fraction of sp³-hybridized carbons (Fsp3) is 0.167. The zero-order valence-electron chi connectivity index (χ0n) is 11.1. The summed E-state index contributed by atoms with van der Waals surface area (Å²) in [5.74, 6) is -0.987. The Morgan fingerprint density at radius 1 is 1.38 bits per heavy atom. The van der Waals surface area contributed by atoms with Crippen LogP contribution in [0, 0.1) is 5.82 Å². The molecular formula is C12H11Cl2FN4OS. The first-order valence-electron chi connectivity index (χ1n) is 5.69. The van der Waals surface area contributed by atoms with E-state index in [4.69, 9.17) is 28.9 Å². The van der Waals surface area contributed by atoms with E-state index in [1.165, 1.54) is 0 Å². The summed E-state index contributed by atoms with van der Waals surface area (Å²) in [4.78, 5) is 18.2. The van der Waals surface area contributed by atoms with E-state index in [-0.39, 0.29) is 26.4 Å². The number of nitrogen functional groups attached to an aromatic ring is 1. The van der Waals surface area contributed by atoms with Crippen molar-refractivity contribution in [3.63, 3.8) is 0 Å². The minimum absolute atomic E-state index is 0.00395. The van der Waals surface area contributed by atoms with Gasteiger partial charge in [0.05, 0.1) is 15.7 Å². The number of halogens is 3. The Morgan fingerprint density at radius 3 is 2.43 bits per heavy atom. The topological polar surface area (TPSA) is 71.2 Å². The second kappa shape index (κ2) is 6.05. The summed E-state index contributed by atoms with van der Waals surface area (Å²) >= 11 is 12.9. The Morgan fingerprint density at radius 2 is 1.95 bits per heavy atom. The van der Waals surface area contributed by atoms with Crippen LogP contribution in [0.5, 0.6) is 0 Å². The Hall–Kier alpha value is -1.57. The van der Waals surface area contributed by atoms with E-state index in [1.807, 2.05) is 0 Å². The Labute approximate surface area is 134 Å². The number of amides is 1. The number of nitrogens with zero attached hydrogens (tertiary/aromatic N) is 2. The molecule has 1 heterocycles. The van der Waals surface area contributed by atoms with Gasteiger partial charge in [-0.1, -0.05) is 34.5 Å². The van der Waals surface area contributed by atoms with Crippen LogP contribution in [0.3, 0.4) is 0 Å². The molecule has 0 spiro atoms. The van der Waals surface area contributed by atoms with Crippen molar-refractivity contribution in [1.82, 2.24) is 4.98 Å². The summed E-state index contributed by atoms with van der Waals surface area (Å²) < 4.78 is 13.1. The molecule has 0 saturated carbocycles. The first-order valence-corrected chi connectivity index (χ1v) is 7.26. The van der Waals surface area contributed by atoms with Gasteiger partial charge in [-0.25, -0.2) is 9.37 Å². The first kappa shape index (κ1) is 15.8. The molecule has 1 aromatic heterocycles. The summed E-state index contributed by atoms with van der Waals surface area (Å²) in [7, 11) is 3.57. The molecule has 0 bridgehead atoms. The highest BCUT2D eigenvalue weighted by Crippen LogP contribution is 2.33. The molecule has 0 aliphatic carbocycles. The molecule has 0 aliphatic heterocycles. The van der Waals surface area contributed by atoms with Crippen LogP contribution in [0.1, 0.15) is 9.67 Å². The zero-order chi connectivity index (χ0) is 15.7. The van der Waals surface area contributed by atoms with Gasteiger partial charge in [0.15, 0.2) is 5.13 Å². The van der Waals surface area contributed by atoms with Crippen LogP contribution in [-0.4, -0.2) is 25.0 Å². The number of hydrogen-bond donors (Lipinski definition) is 2. The van der Waals surface area contributed by atoms with Gasteiger partial charge in [-0.3, -0.25) is 4.79 Å². The molecule has 112 valence electrons. The van der Waals surface area contributed by atoms with Crippen molar-refractivity contribution in [3.8, 4) is 0 Å². The molecule has 2 aromatic rings. The molecule has 2 rings (SSSR count). The van der Waals surface area contributed by atoms with Crippen molar-refractivity contribution in [2.45, 2.75) is 0 Å². The Kier molecular flexibility index (Phi) is 4.55. The van der Waals surface area contributed by atoms with Crippen molar-refractivity contribution in [1.29, 1.82) is 0 Å². The van der Waals surface area contributed by atoms with E-state index in [0.717, 1.165) is 23.5 Å². The van der Waals surface area contributed by atoms with Gasteiger partial charge in [0.2, 0.25) is 0 Å². The standard InChI is InChI=1S/C12H11Cl2FN4OS/c1-19(2)12-18-10(16)9(21-12)11(20)17-8-6(13)3-5(15)4-7(8)14/h3-4H,16H2,1-2H3,(H,17,20). The molecule has 9 heteroatoms. The van der Waals surface area contributed by atoms with Gasteiger partial charge in [0.25, 0.3) is 5.91 Å². The number of carbonyl (C=O) groups excluding carboxylic acids is 1. The minimum Gasteiger partial charge on any atom is -0.382 e.